The highest BCUT2D eigenvalue weighted by Gasteiger charge is 2.22. The molecule has 1 aromatic carbocycles. The lowest BCUT2D eigenvalue weighted by molar-refractivity contribution is 0.415. The van der Waals surface area contributed by atoms with Crippen molar-refractivity contribution in [3.63, 3.8) is 0 Å². The van der Waals surface area contributed by atoms with E-state index in [4.69, 9.17) is 4.74 Å². The van der Waals surface area contributed by atoms with Gasteiger partial charge in [0.2, 0.25) is 0 Å². The molecule has 4 rings (SSSR count). The van der Waals surface area contributed by atoms with Gasteiger partial charge < -0.3 is 9.64 Å². The van der Waals surface area contributed by atoms with Crippen LogP contribution in [0.2, 0.25) is 0 Å². The van der Waals surface area contributed by atoms with E-state index in [2.05, 4.69) is 9.71 Å². The minimum Gasteiger partial charge on any atom is -0.497 e. The van der Waals surface area contributed by atoms with Crippen LogP contribution in [0.1, 0.15) is 5.56 Å². The average Bonchev–Trinajstić information content (AvgIpc) is 3.03. The summed E-state index contributed by atoms with van der Waals surface area (Å²) in [6.45, 7) is 1.57. The molecule has 0 spiro atoms. The third kappa shape index (κ3) is 4.57. The van der Waals surface area contributed by atoms with E-state index in [1.807, 2.05) is 16.7 Å². The lowest BCUT2D eigenvalue weighted by atomic mass is 10.2. The van der Waals surface area contributed by atoms with E-state index >= 15 is 0 Å². The molecule has 1 saturated heterocycles. The fourth-order valence-corrected chi connectivity index (χ4v) is 5.10. The summed E-state index contributed by atoms with van der Waals surface area (Å²) in [6.07, 6.45) is 4.48. The maximum Gasteiger partial charge on any atom is 0.292 e. The Morgan fingerprint density at radius 3 is 2.58 bits per heavy atom. The summed E-state index contributed by atoms with van der Waals surface area (Å²) in [5, 5.41) is 1.09. The first-order valence-corrected chi connectivity index (χ1v) is 12.3. The van der Waals surface area contributed by atoms with Crippen LogP contribution in [-0.4, -0.2) is 54.3 Å². The van der Waals surface area contributed by atoms with Crippen molar-refractivity contribution in [2.45, 2.75) is 0 Å². The summed E-state index contributed by atoms with van der Waals surface area (Å²) in [4.78, 5) is 19.2. The highest BCUT2D eigenvalue weighted by atomic mass is 32.2. The number of fused-ring (bicyclic) bond motifs is 1. The first-order valence-electron chi connectivity index (χ1n) is 9.63. The van der Waals surface area contributed by atoms with Gasteiger partial charge in [0.25, 0.3) is 15.6 Å². The van der Waals surface area contributed by atoms with E-state index in [1.165, 1.54) is 17.0 Å². The van der Waals surface area contributed by atoms with Crippen LogP contribution in [0, 0.1) is 0 Å². The molecule has 0 saturated carbocycles. The topological polar surface area (TPSA) is 97.9 Å². The number of methoxy groups -OCH3 is 1. The van der Waals surface area contributed by atoms with Crippen LogP contribution in [0.4, 0.5) is 11.4 Å². The molecule has 0 aliphatic carbocycles. The van der Waals surface area contributed by atoms with E-state index in [1.54, 1.807) is 49.1 Å². The zero-order valence-corrected chi connectivity index (χ0v) is 18.8. The Hall–Kier alpha value is -2.92. The molecule has 0 atom stereocenters. The number of benzene rings is 1. The van der Waals surface area contributed by atoms with Crippen LogP contribution in [0.25, 0.3) is 11.7 Å². The normalized spacial score (nSPS) is 15.0. The lowest BCUT2D eigenvalue weighted by Gasteiger charge is -2.26. The smallest absolute Gasteiger partial charge is 0.292 e. The summed E-state index contributed by atoms with van der Waals surface area (Å²) in [5.41, 5.74) is 1.89. The van der Waals surface area contributed by atoms with Crippen molar-refractivity contribution < 1.29 is 13.2 Å². The summed E-state index contributed by atoms with van der Waals surface area (Å²) in [5.74, 6) is 2.61. The number of rotatable bonds is 6. The first kappa shape index (κ1) is 21.3. The molecule has 2 aromatic heterocycles. The molecule has 11 heteroatoms. The van der Waals surface area contributed by atoms with E-state index in [0.29, 0.717) is 17.1 Å². The van der Waals surface area contributed by atoms with E-state index in [9.17, 15) is 13.2 Å². The van der Waals surface area contributed by atoms with Crippen molar-refractivity contribution in [1.29, 1.82) is 0 Å². The lowest BCUT2D eigenvalue weighted by Crippen LogP contribution is -2.35. The maximum absolute atomic E-state index is 12.8. The summed E-state index contributed by atoms with van der Waals surface area (Å²) in [6, 6.07) is 7.02. The fourth-order valence-electron chi connectivity index (χ4n) is 3.36. The van der Waals surface area contributed by atoms with Gasteiger partial charge in [0.15, 0.2) is 5.65 Å². The Morgan fingerprint density at radius 2 is 1.90 bits per heavy atom. The molecule has 0 unspecified atom stereocenters. The second-order valence-corrected chi connectivity index (χ2v) is 9.80. The van der Waals surface area contributed by atoms with Crippen molar-refractivity contribution in [2.75, 3.05) is 41.3 Å². The quantitative estimate of drug-likeness (QED) is 0.600. The molecule has 0 bridgehead atoms. The van der Waals surface area contributed by atoms with Gasteiger partial charge in [0.05, 0.1) is 30.6 Å². The Morgan fingerprint density at radius 1 is 1.19 bits per heavy atom. The van der Waals surface area contributed by atoms with Crippen molar-refractivity contribution in [3.05, 3.63) is 58.0 Å². The molecule has 31 heavy (non-hydrogen) atoms. The van der Waals surface area contributed by atoms with Gasteiger partial charge in [-0.3, -0.25) is 9.52 Å². The molecule has 3 aromatic rings. The van der Waals surface area contributed by atoms with Crippen LogP contribution in [0.5, 0.6) is 5.75 Å². The van der Waals surface area contributed by atoms with Crippen molar-refractivity contribution in [1.82, 2.24) is 14.2 Å². The zero-order chi connectivity index (χ0) is 22.0. The number of aromatic nitrogens is 3. The van der Waals surface area contributed by atoms with E-state index in [0.717, 1.165) is 35.6 Å². The van der Waals surface area contributed by atoms with Crippen LogP contribution < -0.4 is 19.9 Å². The van der Waals surface area contributed by atoms with E-state index < -0.39 is 10.0 Å². The number of anilines is 2. The fraction of sp³-hybridized carbons (Fsp3) is 0.300. The summed E-state index contributed by atoms with van der Waals surface area (Å²) in [7, 11) is -0.561. The largest absolute Gasteiger partial charge is 0.497 e. The van der Waals surface area contributed by atoms with Gasteiger partial charge in [0.1, 0.15) is 11.4 Å². The molecule has 0 amide bonds. The molecular weight excluding hydrogens is 438 g/mol. The van der Waals surface area contributed by atoms with Gasteiger partial charge in [0, 0.05) is 31.6 Å². The number of hydrogen-bond acceptors (Lipinski definition) is 7. The van der Waals surface area contributed by atoms with Crippen molar-refractivity contribution in [2.24, 2.45) is 7.05 Å². The van der Waals surface area contributed by atoms with Crippen molar-refractivity contribution in [3.8, 4) is 5.75 Å². The molecule has 1 aliphatic heterocycles. The van der Waals surface area contributed by atoms with Gasteiger partial charge in [-0.15, -0.1) is 0 Å². The zero-order valence-electron chi connectivity index (χ0n) is 17.2. The summed E-state index contributed by atoms with van der Waals surface area (Å²) < 4.78 is 35.6. The number of hydrogen-bond donors (Lipinski definition) is 1. The van der Waals surface area contributed by atoms with Gasteiger partial charge in [-0.1, -0.05) is 12.1 Å². The number of aryl methyl sites for hydroxylation is 1. The molecule has 1 fully saturated rings. The number of nitrogens with one attached hydrogen (secondary N) is 1. The van der Waals surface area contributed by atoms with Crippen LogP contribution >= 0.6 is 11.8 Å². The Bertz CT molecular complexity index is 1270. The monoisotopic (exact) mass is 461 g/mol. The molecule has 3 heterocycles. The Labute approximate surface area is 184 Å². The average molecular weight is 462 g/mol. The molecule has 164 valence electrons. The molecule has 0 radical (unpaired) electrons. The van der Waals surface area contributed by atoms with E-state index in [-0.39, 0.29) is 11.2 Å². The standard InChI is InChI=1S/C20H23N5O4S2/c1-23-20(26)18(24-8-10-30-11-9-24)19-21-13-16(14-25(19)23)22-31(27,28)12-7-15-3-5-17(29-2)6-4-15/h3-7,12-14,22H,8-11H2,1-2H3. The van der Waals surface area contributed by atoms with Crippen LogP contribution in [0.15, 0.2) is 46.9 Å². The van der Waals surface area contributed by atoms with Crippen molar-refractivity contribution >= 4 is 44.9 Å². The van der Waals surface area contributed by atoms with Gasteiger partial charge in [-0.2, -0.15) is 11.8 Å². The summed E-state index contributed by atoms with van der Waals surface area (Å²) >= 11 is 1.86. The first-order chi connectivity index (χ1) is 14.9. The van der Waals surface area contributed by atoms with Crippen LogP contribution in [-0.2, 0) is 17.1 Å². The Kier molecular flexibility index (Phi) is 5.96. The molecule has 9 nitrogen and oxygen atoms in total. The number of sulfonamides is 1. The predicted octanol–water partition coefficient (Wildman–Crippen LogP) is 2.01. The van der Waals surface area contributed by atoms with Gasteiger partial charge in [-0.25, -0.2) is 22.6 Å². The van der Waals surface area contributed by atoms with Gasteiger partial charge in [-0.05, 0) is 23.8 Å². The maximum atomic E-state index is 12.8. The van der Waals surface area contributed by atoms with Crippen LogP contribution in [0.3, 0.4) is 0 Å². The number of ether oxygens (including phenoxy) is 1. The minimum absolute atomic E-state index is 0.154. The number of nitrogens with zero attached hydrogens (tertiary/aromatic N) is 4. The highest BCUT2D eigenvalue weighted by molar-refractivity contribution is 7.99. The number of thioether (sulfide) groups is 1. The third-order valence-electron chi connectivity index (χ3n) is 4.98. The second-order valence-electron chi connectivity index (χ2n) is 7.01. The second kappa shape index (κ2) is 8.67. The minimum atomic E-state index is -3.77. The molecule has 1 aliphatic rings. The van der Waals surface area contributed by atoms with Gasteiger partial charge >= 0.3 is 0 Å². The highest BCUT2D eigenvalue weighted by Crippen LogP contribution is 2.22. The SMILES string of the molecule is COc1ccc(C=CS(=O)(=O)Nc2cnc3c(N4CCSCC4)c(=O)n(C)n3c2)cc1. The Balaban J connectivity index is 1.58. The third-order valence-corrected chi connectivity index (χ3v) is 6.94. The molecule has 1 N–H and O–H groups in total. The predicted molar refractivity (Wildman–Crippen MR) is 125 cm³/mol. The molecular formula is C20H23N5O4S2.